The quantitative estimate of drug-likeness (QED) is 0.835. The third-order valence-electron chi connectivity index (χ3n) is 2.57. The molecule has 0 aromatic heterocycles. The van der Waals surface area contributed by atoms with Gasteiger partial charge in [-0.25, -0.2) is 4.39 Å². The molecule has 0 aliphatic heterocycles. The molecule has 0 saturated carbocycles. The Morgan fingerprint density at radius 1 is 1.47 bits per heavy atom. The van der Waals surface area contributed by atoms with Crippen LogP contribution >= 0.6 is 0 Å². The Kier molecular flexibility index (Phi) is 4.90. The molecule has 0 spiro atoms. The third-order valence-corrected chi connectivity index (χ3v) is 2.57. The number of hydrogen-bond acceptors (Lipinski definition) is 3. The second-order valence-corrected chi connectivity index (χ2v) is 3.83. The number of rotatable bonds is 5. The number of likely N-dealkylation sites (N-methyl/N-ethyl adjacent to an activating group) is 1. The van der Waals surface area contributed by atoms with Crippen LogP contribution in [0.3, 0.4) is 0 Å². The van der Waals surface area contributed by atoms with Gasteiger partial charge in [-0.1, -0.05) is 0 Å². The average molecular weight is 240 g/mol. The smallest absolute Gasteiger partial charge is 0.260 e. The van der Waals surface area contributed by atoms with Gasteiger partial charge in [-0.3, -0.25) is 4.79 Å². The first-order valence-electron chi connectivity index (χ1n) is 5.38. The summed E-state index contributed by atoms with van der Waals surface area (Å²) in [7, 11) is 1.67. The van der Waals surface area contributed by atoms with Crippen LogP contribution in [0, 0.1) is 5.82 Å². The van der Waals surface area contributed by atoms with Gasteiger partial charge in [0.1, 0.15) is 11.6 Å². The average Bonchev–Trinajstić information content (AvgIpc) is 2.35. The van der Waals surface area contributed by atoms with Crippen molar-refractivity contribution in [3.05, 3.63) is 30.1 Å². The molecule has 1 aromatic carbocycles. The summed E-state index contributed by atoms with van der Waals surface area (Å²) < 4.78 is 17.9. The van der Waals surface area contributed by atoms with Crippen LogP contribution in [-0.4, -0.2) is 37.0 Å². The molecule has 0 fully saturated rings. The molecule has 1 amide bonds. The Morgan fingerprint density at radius 3 is 2.59 bits per heavy atom. The van der Waals surface area contributed by atoms with E-state index in [1.54, 1.807) is 7.05 Å². The van der Waals surface area contributed by atoms with Gasteiger partial charge in [-0.15, -0.1) is 0 Å². The number of nitrogens with zero attached hydrogens (tertiary/aromatic N) is 1. The Balaban J connectivity index is 2.45. The summed E-state index contributed by atoms with van der Waals surface area (Å²) in [6.45, 7) is 2.18. The molecule has 0 heterocycles. The number of nitrogens with two attached hydrogens (primary N) is 1. The summed E-state index contributed by atoms with van der Waals surface area (Å²) in [4.78, 5) is 13.2. The van der Waals surface area contributed by atoms with Gasteiger partial charge < -0.3 is 15.4 Å². The number of amides is 1. The van der Waals surface area contributed by atoms with Crippen LogP contribution in [0.4, 0.5) is 4.39 Å². The lowest BCUT2D eigenvalue weighted by Crippen LogP contribution is -2.42. The first kappa shape index (κ1) is 13.4. The number of carbonyl (C=O) groups excluding carboxylic acids is 1. The highest BCUT2D eigenvalue weighted by molar-refractivity contribution is 5.77. The molecule has 0 aliphatic carbocycles. The van der Waals surface area contributed by atoms with Crippen LogP contribution in [0.15, 0.2) is 24.3 Å². The molecule has 1 rings (SSSR count). The molecule has 1 aromatic rings. The van der Waals surface area contributed by atoms with Crippen molar-refractivity contribution in [1.82, 2.24) is 4.90 Å². The summed E-state index contributed by atoms with van der Waals surface area (Å²) >= 11 is 0. The van der Waals surface area contributed by atoms with E-state index in [9.17, 15) is 9.18 Å². The lowest BCUT2D eigenvalue weighted by Gasteiger charge is -2.23. The highest BCUT2D eigenvalue weighted by Gasteiger charge is 2.14. The van der Waals surface area contributed by atoms with E-state index in [0.717, 1.165) is 0 Å². The summed E-state index contributed by atoms with van der Waals surface area (Å²) in [5.74, 6) is -0.0293. The minimum Gasteiger partial charge on any atom is -0.484 e. The maximum Gasteiger partial charge on any atom is 0.260 e. The first-order chi connectivity index (χ1) is 8.04. The predicted octanol–water partition coefficient (Wildman–Crippen LogP) is 1.01. The van der Waals surface area contributed by atoms with E-state index in [2.05, 4.69) is 0 Å². The van der Waals surface area contributed by atoms with E-state index < -0.39 is 0 Å². The van der Waals surface area contributed by atoms with Gasteiger partial charge in [0.15, 0.2) is 6.61 Å². The van der Waals surface area contributed by atoms with Gasteiger partial charge in [0.25, 0.3) is 5.91 Å². The molecule has 1 unspecified atom stereocenters. The topological polar surface area (TPSA) is 55.6 Å². The number of hydrogen-bond donors (Lipinski definition) is 1. The van der Waals surface area contributed by atoms with E-state index in [1.807, 2.05) is 6.92 Å². The van der Waals surface area contributed by atoms with Crippen LogP contribution in [0.1, 0.15) is 6.92 Å². The van der Waals surface area contributed by atoms with Gasteiger partial charge in [0.05, 0.1) is 0 Å². The van der Waals surface area contributed by atoms with Crippen molar-refractivity contribution in [2.24, 2.45) is 5.73 Å². The standard InChI is InChI=1S/C12H17FN2O2/c1-9(7-14)15(2)12(16)8-17-11-5-3-10(13)4-6-11/h3-6,9H,7-8,14H2,1-2H3. The number of ether oxygens (including phenoxy) is 1. The van der Waals surface area contributed by atoms with Crippen LogP contribution in [-0.2, 0) is 4.79 Å². The molecule has 5 heteroatoms. The van der Waals surface area contributed by atoms with Crippen LogP contribution in [0.2, 0.25) is 0 Å². The number of benzene rings is 1. The van der Waals surface area contributed by atoms with E-state index in [0.29, 0.717) is 12.3 Å². The lowest BCUT2D eigenvalue weighted by molar-refractivity contribution is -0.133. The summed E-state index contributed by atoms with van der Waals surface area (Å²) in [6.07, 6.45) is 0. The Hall–Kier alpha value is -1.62. The van der Waals surface area contributed by atoms with E-state index in [4.69, 9.17) is 10.5 Å². The molecule has 0 saturated heterocycles. The van der Waals surface area contributed by atoms with Crippen molar-refractivity contribution in [3.63, 3.8) is 0 Å². The largest absolute Gasteiger partial charge is 0.484 e. The normalized spacial score (nSPS) is 12.0. The summed E-state index contributed by atoms with van der Waals surface area (Å²) in [5.41, 5.74) is 5.46. The fourth-order valence-corrected chi connectivity index (χ4v) is 1.18. The maximum atomic E-state index is 12.6. The highest BCUT2D eigenvalue weighted by atomic mass is 19.1. The monoisotopic (exact) mass is 240 g/mol. The van der Waals surface area contributed by atoms with Crippen molar-refractivity contribution < 1.29 is 13.9 Å². The zero-order chi connectivity index (χ0) is 12.8. The number of carbonyl (C=O) groups is 1. The second-order valence-electron chi connectivity index (χ2n) is 3.83. The van der Waals surface area contributed by atoms with Crippen LogP contribution in [0.5, 0.6) is 5.75 Å². The van der Waals surface area contributed by atoms with Crippen LogP contribution < -0.4 is 10.5 Å². The Morgan fingerprint density at radius 2 is 2.06 bits per heavy atom. The van der Waals surface area contributed by atoms with E-state index in [-0.39, 0.29) is 24.4 Å². The molecular weight excluding hydrogens is 223 g/mol. The van der Waals surface area contributed by atoms with Crippen LogP contribution in [0.25, 0.3) is 0 Å². The molecule has 94 valence electrons. The maximum absolute atomic E-state index is 12.6. The molecule has 17 heavy (non-hydrogen) atoms. The summed E-state index contributed by atoms with van der Waals surface area (Å²) in [6, 6.07) is 5.50. The van der Waals surface area contributed by atoms with Crippen molar-refractivity contribution in [1.29, 1.82) is 0 Å². The van der Waals surface area contributed by atoms with Gasteiger partial charge in [-0.2, -0.15) is 0 Å². The highest BCUT2D eigenvalue weighted by Crippen LogP contribution is 2.11. The fourth-order valence-electron chi connectivity index (χ4n) is 1.18. The first-order valence-corrected chi connectivity index (χ1v) is 5.38. The Labute approximate surface area is 100 Å². The number of halogens is 1. The van der Waals surface area contributed by atoms with Crippen molar-refractivity contribution in [2.45, 2.75) is 13.0 Å². The third kappa shape index (κ3) is 4.03. The molecular formula is C12H17FN2O2. The van der Waals surface area contributed by atoms with E-state index >= 15 is 0 Å². The SMILES string of the molecule is CC(CN)N(C)C(=O)COc1ccc(F)cc1. The molecule has 0 radical (unpaired) electrons. The van der Waals surface area contributed by atoms with Crippen molar-refractivity contribution in [2.75, 3.05) is 20.2 Å². The van der Waals surface area contributed by atoms with Gasteiger partial charge in [0.2, 0.25) is 0 Å². The Bertz CT molecular complexity index is 367. The molecule has 2 N–H and O–H groups in total. The van der Waals surface area contributed by atoms with Gasteiger partial charge >= 0.3 is 0 Å². The zero-order valence-corrected chi connectivity index (χ0v) is 10.0. The molecule has 1 atom stereocenters. The summed E-state index contributed by atoms with van der Waals surface area (Å²) in [5, 5.41) is 0. The predicted molar refractivity (Wildman–Crippen MR) is 63.2 cm³/mol. The van der Waals surface area contributed by atoms with Gasteiger partial charge in [0, 0.05) is 19.6 Å². The van der Waals surface area contributed by atoms with Gasteiger partial charge in [-0.05, 0) is 31.2 Å². The van der Waals surface area contributed by atoms with Crippen molar-refractivity contribution in [3.8, 4) is 5.75 Å². The minimum absolute atomic E-state index is 0.0284. The molecule has 0 bridgehead atoms. The zero-order valence-electron chi connectivity index (χ0n) is 10.0. The molecule has 0 aliphatic rings. The second kappa shape index (κ2) is 6.20. The van der Waals surface area contributed by atoms with Crippen molar-refractivity contribution >= 4 is 5.91 Å². The lowest BCUT2D eigenvalue weighted by atomic mass is 10.3. The fraction of sp³-hybridized carbons (Fsp3) is 0.417. The molecule has 4 nitrogen and oxygen atoms in total. The van der Waals surface area contributed by atoms with E-state index in [1.165, 1.54) is 29.2 Å². The minimum atomic E-state index is -0.336.